The predicted molar refractivity (Wildman–Crippen MR) is 76.9 cm³/mol. The summed E-state index contributed by atoms with van der Waals surface area (Å²) < 4.78 is 5.13. The minimum absolute atomic E-state index is 0.106. The number of carboxylic acids is 1. The predicted octanol–water partition coefficient (Wildman–Crippen LogP) is 1.61. The molecule has 1 aliphatic heterocycles. The van der Waals surface area contributed by atoms with Crippen molar-refractivity contribution in [2.75, 3.05) is 18.7 Å². The van der Waals surface area contributed by atoms with Crippen molar-refractivity contribution in [3.63, 3.8) is 0 Å². The van der Waals surface area contributed by atoms with Crippen LogP contribution < -0.4 is 4.74 Å². The Morgan fingerprint density at radius 1 is 1.50 bits per heavy atom. The second kappa shape index (κ2) is 6.65. The molecule has 0 radical (unpaired) electrons. The quantitative estimate of drug-likeness (QED) is 0.894. The Morgan fingerprint density at radius 2 is 2.30 bits per heavy atom. The number of hydrogen-bond acceptors (Lipinski definition) is 4. The molecule has 0 unspecified atom stereocenters. The van der Waals surface area contributed by atoms with Gasteiger partial charge >= 0.3 is 5.97 Å². The molecule has 20 heavy (non-hydrogen) atoms. The van der Waals surface area contributed by atoms with E-state index in [1.54, 1.807) is 7.11 Å². The average Bonchev–Trinajstić information content (AvgIpc) is 2.94. The van der Waals surface area contributed by atoms with Gasteiger partial charge in [-0.05, 0) is 24.1 Å². The Hall–Kier alpha value is -1.69. The zero-order chi connectivity index (χ0) is 14.5. The van der Waals surface area contributed by atoms with Crippen LogP contribution in [0.5, 0.6) is 5.75 Å². The molecule has 0 spiro atoms. The lowest BCUT2D eigenvalue weighted by molar-refractivity contribution is -0.147. The van der Waals surface area contributed by atoms with Gasteiger partial charge in [0.1, 0.15) is 11.8 Å². The Morgan fingerprint density at radius 3 is 3.00 bits per heavy atom. The molecule has 1 aliphatic rings. The molecule has 0 saturated carbocycles. The van der Waals surface area contributed by atoms with Crippen LogP contribution in [-0.4, -0.2) is 46.7 Å². The van der Waals surface area contributed by atoms with E-state index in [0.717, 1.165) is 11.3 Å². The van der Waals surface area contributed by atoms with Gasteiger partial charge in [0.05, 0.1) is 13.0 Å². The molecule has 1 aromatic carbocycles. The van der Waals surface area contributed by atoms with Gasteiger partial charge in [-0.15, -0.1) is 11.8 Å². The van der Waals surface area contributed by atoms with Gasteiger partial charge in [0.25, 0.3) is 0 Å². The largest absolute Gasteiger partial charge is 0.497 e. The first kappa shape index (κ1) is 14.7. The highest BCUT2D eigenvalue weighted by Gasteiger charge is 2.33. The summed E-state index contributed by atoms with van der Waals surface area (Å²) in [4.78, 5) is 24.6. The molecule has 2 rings (SSSR count). The molecule has 0 bridgehead atoms. The standard InChI is InChI=1S/C14H17NO4S/c1-19-11-4-2-3-10(7-11)5-6-13(16)15-9-20-8-12(15)14(17)18/h2-4,7,12H,5-6,8-9H2,1H3,(H,17,18)/t12-/m0/s1. The maximum Gasteiger partial charge on any atom is 0.327 e. The molecule has 0 aromatic heterocycles. The van der Waals surface area contributed by atoms with E-state index in [4.69, 9.17) is 9.84 Å². The summed E-state index contributed by atoms with van der Waals surface area (Å²) in [6.07, 6.45) is 0.904. The van der Waals surface area contributed by atoms with Crippen molar-refractivity contribution in [2.45, 2.75) is 18.9 Å². The number of benzene rings is 1. The number of carbonyl (C=O) groups excluding carboxylic acids is 1. The molecule has 1 atom stereocenters. The van der Waals surface area contributed by atoms with Gasteiger partial charge < -0.3 is 14.7 Å². The first-order valence-corrected chi connectivity index (χ1v) is 7.50. The Bertz CT molecular complexity index is 506. The summed E-state index contributed by atoms with van der Waals surface area (Å²) in [5.41, 5.74) is 1.01. The maximum atomic E-state index is 12.1. The zero-order valence-electron chi connectivity index (χ0n) is 11.2. The lowest BCUT2D eigenvalue weighted by Gasteiger charge is -2.20. The number of hydrogen-bond donors (Lipinski definition) is 1. The van der Waals surface area contributed by atoms with Crippen LogP contribution in [-0.2, 0) is 16.0 Å². The lowest BCUT2D eigenvalue weighted by Crippen LogP contribution is -2.41. The number of thioether (sulfide) groups is 1. The number of aryl methyl sites for hydroxylation is 1. The zero-order valence-corrected chi connectivity index (χ0v) is 12.1. The van der Waals surface area contributed by atoms with Crippen LogP contribution >= 0.6 is 11.8 Å². The van der Waals surface area contributed by atoms with E-state index in [2.05, 4.69) is 0 Å². The van der Waals surface area contributed by atoms with Crippen molar-refractivity contribution >= 4 is 23.6 Å². The maximum absolute atomic E-state index is 12.1. The molecular weight excluding hydrogens is 278 g/mol. The number of ether oxygens (including phenoxy) is 1. The van der Waals surface area contributed by atoms with E-state index >= 15 is 0 Å². The van der Waals surface area contributed by atoms with Gasteiger partial charge in [-0.3, -0.25) is 4.79 Å². The van der Waals surface area contributed by atoms with Crippen LogP contribution in [0.1, 0.15) is 12.0 Å². The third-order valence-corrected chi connectivity index (χ3v) is 4.26. The molecule has 108 valence electrons. The fourth-order valence-corrected chi connectivity index (χ4v) is 3.29. The number of methoxy groups -OCH3 is 1. The molecular formula is C14H17NO4S. The first-order valence-electron chi connectivity index (χ1n) is 6.35. The molecule has 1 saturated heterocycles. The Balaban J connectivity index is 1.93. The molecule has 1 amide bonds. The van der Waals surface area contributed by atoms with Crippen molar-refractivity contribution in [1.82, 2.24) is 4.90 Å². The van der Waals surface area contributed by atoms with Crippen LogP contribution in [0.4, 0.5) is 0 Å². The summed E-state index contributed by atoms with van der Waals surface area (Å²) in [5, 5.41) is 9.06. The van der Waals surface area contributed by atoms with E-state index in [0.29, 0.717) is 24.5 Å². The summed E-state index contributed by atoms with van der Waals surface area (Å²) in [5.74, 6) is 0.666. The fraction of sp³-hybridized carbons (Fsp3) is 0.429. The van der Waals surface area contributed by atoms with Crippen LogP contribution in [0.15, 0.2) is 24.3 Å². The van der Waals surface area contributed by atoms with E-state index in [-0.39, 0.29) is 5.91 Å². The first-order chi connectivity index (χ1) is 9.61. The van der Waals surface area contributed by atoms with Gasteiger partial charge in [0.2, 0.25) is 5.91 Å². The Kier molecular flexibility index (Phi) is 4.89. The normalized spacial score (nSPS) is 18.1. The molecule has 1 fully saturated rings. The van der Waals surface area contributed by atoms with Crippen molar-refractivity contribution in [2.24, 2.45) is 0 Å². The van der Waals surface area contributed by atoms with Gasteiger partial charge in [0.15, 0.2) is 0 Å². The van der Waals surface area contributed by atoms with E-state index in [1.807, 2.05) is 24.3 Å². The van der Waals surface area contributed by atoms with Gasteiger partial charge in [-0.1, -0.05) is 12.1 Å². The summed E-state index contributed by atoms with van der Waals surface area (Å²) >= 11 is 1.48. The average molecular weight is 295 g/mol. The number of carbonyl (C=O) groups is 2. The molecule has 1 N–H and O–H groups in total. The van der Waals surface area contributed by atoms with E-state index in [9.17, 15) is 9.59 Å². The smallest absolute Gasteiger partial charge is 0.327 e. The summed E-state index contributed by atoms with van der Waals surface area (Å²) in [6.45, 7) is 0. The van der Waals surface area contributed by atoms with Crippen LogP contribution in [0.3, 0.4) is 0 Å². The van der Waals surface area contributed by atoms with Gasteiger partial charge in [-0.25, -0.2) is 4.79 Å². The molecule has 0 aliphatic carbocycles. The minimum atomic E-state index is -0.926. The molecule has 1 aromatic rings. The van der Waals surface area contributed by atoms with Crippen molar-refractivity contribution < 1.29 is 19.4 Å². The topological polar surface area (TPSA) is 66.8 Å². The van der Waals surface area contributed by atoms with Crippen molar-refractivity contribution in [1.29, 1.82) is 0 Å². The third kappa shape index (κ3) is 3.45. The fourth-order valence-electron chi connectivity index (χ4n) is 2.12. The van der Waals surface area contributed by atoms with Gasteiger partial charge in [0, 0.05) is 12.2 Å². The third-order valence-electron chi connectivity index (χ3n) is 3.25. The van der Waals surface area contributed by atoms with Crippen LogP contribution in [0, 0.1) is 0 Å². The van der Waals surface area contributed by atoms with Gasteiger partial charge in [-0.2, -0.15) is 0 Å². The van der Waals surface area contributed by atoms with Crippen LogP contribution in [0.25, 0.3) is 0 Å². The number of rotatable bonds is 5. The number of aliphatic carboxylic acids is 1. The van der Waals surface area contributed by atoms with Crippen molar-refractivity contribution in [3.05, 3.63) is 29.8 Å². The summed E-state index contributed by atoms with van der Waals surface area (Å²) in [6, 6.07) is 6.87. The molecule has 1 heterocycles. The summed E-state index contributed by atoms with van der Waals surface area (Å²) in [7, 11) is 1.60. The number of nitrogens with zero attached hydrogens (tertiary/aromatic N) is 1. The monoisotopic (exact) mass is 295 g/mol. The molecule has 6 heteroatoms. The second-order valence-electron chi connectivity index (χ2n) is 4.57. The second-order valence-corrected chi connectivity index (χ2v) is 5.57. The van der Waals surface area contributed by atoms with E-state index in [1.165, 1.54) is 16.7 Å². The van der Waals surface area contributed by atoms with E-state index < -0.39 is 12.0 Å². The Labute approximate surface area is 121 Å². The number of carboxylic acid groups (broad SMARTS) is 1. The highest BCUT2D eigenvalue weighted by molar-refractivity contribution is 7.99. The number of amides is 1. The minimum Gasteiger partial charge on any atom is -0.497 e. The highest BCUT2D eigenvalue weighted by atomic mass is 32.2. The van der Waals surface area contributed by atoms with Crippen molar-refractivity contribution in [3.8, 4) is 5.75 Å². The SMILES string of the molecule is COc1cccc(CCC(=O)N2CSC[C@H]2C(=O)O)c1. The highest BCUT2D eigenvalue weighted by Crippen LogP contribution is 2.22. The van der Waals surface area contributed by atoms with Crippen LogP contribution in [0.2, 0.25) is 0 Å². The molecule has 5 nitrogen and oxygen atoms in total. The lowest BCUT2D eigenvalue weighted by atomic mass is 10.1.